The van der Waals surface area contributed by atoms with E-state index >= 15 is 0 Å². The Balaban J connectivity index is 1.43. The maximum Gasteiger partial charge on any atom is 0.130 e. The largest absolute Gasteiger partial charge is 0.378 e. The first-order valence-electron chi connectivity index (χ1n) is 9.87. The van der Waals surface area contributed by atoms with Crippen molar-refractivity contribution in [1.82, 2.24) is 14.8 Å². The average Bonchev–Trinajstić information content (AvgIpc) is 2.65. The van der Waals surface area contributed by atoms with Crippen molar-refractivity contribution in [2.45, 2.75) is 25.4 Å². The number of nitrogens with zero attached hydrogens (tertiary/aromatic N) is 4. The number of halogens is 1. The lowest BCUT2D eigenvalue weighted by Crippen LogP contribution is -2.60. The maximum atomic E-state index is 5.37. The Bertz CT molecular complexity index is 786. The van der Waals surface area contributed by atoms with Crippen molar-refractivity contribution in [1.29, 1.82) is 0 Å². The molecule has 0 bridgehead atoms. The van der Waals surface area contributed by atoms with Crippen molar-refractivity contribution in [2.24, 2.45) is 0 Å². The number of anilines is 2. The molecule has 4 heterocycles. The molecule has 1 aromatic rings. The number of rotatable bonds is 5. The molecule has 2 fully saturated rings. The smallest absolute Gasteiger partial charge is 0.130 e. The van der Waals surface area contributed by atoms with Crippen LogP contribution in [-0.4, -0.2) is 66.8 Å². The van der Waals surface area contributed by atoms with E-state index in [1.165, 1.54) is 5.69 Å². The van der Waals surface area contributed by atoms with Crippen LogP contribution in [0.15, 0.2) is 53.1 Å². The van der Waals surface area contributed by atoms with E-state index in [2.05, 4.69) is 61.7 Å². The van der Waals surface area contributed by atoms with E-state index < -0.39 is 0 Å². The first-order valence-corrected chi connectivity index (χ1v) is 10.7. The van der Waals surface area contributed by atoms with Crippen molar-refractivity contribution in [2.75, 3.05) is 50.1 Å². The molecule has 1 N–H and O–H groups in total. The van der Waals surface area contributed by atoms with E-state index in [0.717, 1.165) is 61.0 Å². The summed E-state index contributed by atoms with van der Waals surface area (Å²) in [6.45, 7) is 11.4. The number of allylic oxidation sites excluding steroid dienone is 2. The Morgan fingerprint density at radius 2 is 2.14 bits per heavy atom. The summed E-state index contributed by atoms with van der Waals surface area (Å²) in [5.74, 6) is 0.824. The van der Waals surface area contributed by atoms with Gasteiger partial charge in [0.25, 0.3) is 0 Å². The number of ether oxygens (including phenoxy) is 1. The molecule has 1 atom stereocenters. The van der Waals surface area contributed by atoms with Gasteiger partial charge in [0.1, 0.15) is 5.82 Å². The number of hydrogen-bond acceptors (Lipinski definition) is 6. The minimum atomic E-state index is 0.519. The topological polar surface area (TPSA) is 43.9 Å². The first kappa shape index (κ1) is 19.5. The fourth-order valence-electron chi connectivity index (χ4n) is 3.92. The molecule has 3 aliphatic heterocycles. The van der Waals surface area contributed by atoms with Crippen molar-refractivity contribution in [3.8, 4) is 0 Å². The summed E-state index contributed by atoms with van der Waals surface area (Å²) in [7, 11) is 1.98. The summed E-state index contributed by atoms with van der Waals surface area (Å²) >= 11 is 3.54. The zero-order valence-electron chi connectivity index (χ0n) is 16.6. The van der Waals surface area contributed by atoms with Crippen molar-refractivity contribution in [3.63, 3.8) is 0 Å². The zero-order chi connectivity index (χ0) is 19.7. The predicted octanol–water partition coefficient (Wildman–Crippen LogP) is 3.37. The van der Waals surface area contributed by atoms with Gasteiger partial charge in [-0.25, -0.2) is 4.98 Å². The van der Waals surface area contributed by atoms with Gasteiger partial charge in [-0.2, -0.15) is 0 Å². The van der Waals surface area contributed by atoms with Gasteiger partial charge >= 0.3 is 0 Å². The lowest BCUT2D eigenvalue weighted by Gasteiger charge is -2.47. The van der Waals surface area contributed by atoms with Crippen molar-refractivity contribution >= 4 is 27.4 Å². The third-order valence-corrected chi connectivity index (χ3v) is 6.23. The van der Waals surface area contributed by atoms with Crippen LogP contribution in [-0.2, 0) is 4.74 Å². The van der Waals surface area contributed by atoms with Crippen LogP contribution < -0.4 is 10.2 Å². The van der Waals surface area contributed by atoms with Crippen LogP contribution in [0, 0.1) is 0 Å². The number of likely N-dealkylation sites (N-methyl/N-ethyl adjacent to an activating group) is 1. The Kier molecular flexibility index (Phi) is 5.75. The minimum absolute atomic E-state index is 0.519. The summed E-state index contributed by atoms with van der Waals surface area (Å²) in [6.07, 6.45) is 7.12. The van der Waals surface area contributed by atoms with Gasteiger partial charge in [0.2, 0.25) is 0 Å². The molecule has 28 heavy (non-hydrogen) atoms. The fourth-order valence-corrected chi connectivity index (χ4v) is 4.46. The molecule has 4 rings (SSSR count). The molecule has 0 amide bonds. The first-order chi connectivity index (χ1) is 13.5. The molecule has 0 saturated carbocycles. The molecule has 0 radical (unpaired) electrons. The lowest BCUT2D eigenvalue weighted by atomic mass is 10.1. The second-order valence-electron chi connectivity index (χ2n) is 7.60. The predicted molar refractivity (Wildman–Crippen MR) is 117 cm³/mol. The third-order valence-electron chi connectivity index (χ3n) is 5.80. The summed E-state index contributed by atoms with van der Waals surface area (Å²) < 4.78 is 6.37. The van der Waals surface area contributed by atoms with Crippen LogP contribution in [0.1, 0.15) is 13.3 Å². The number of piperazine rings is 1. The Morgan fingerprint density at radius 1 is 1.32 bits per heavy atom. The van der Waals surface area contributed by atoms with Crippen molar-refractivity contribution in [3.05, 3.63) is 53.1 Å². The van der Waals surface area contributed by atoms with Gasteiger partial charge in [-0.05, 0) is 40.6 Å². The average molecular weight is 446 g/mol. The molecular weight excluding hydrogens is 418 g/mol. The third kappa shape index (κ3) is 3.97. The standard InChI is InChI=1S/C21H28BrN5O/c1-4-17-12-26(19-13-28-14-19)7-8-27(17)18-5-6-21(23-10-18)24-20-9-16(22)11-25(3)15(20)2/h5-6,9-11,17,19H,2,4,7-8,12-14H2,1,3H3,(H,23,24)/t17-/m0/s1. The highest BCUT2D eigenvalue weighted by Crippen LogP contribution is 2.27. The molecule has 0 unspecified atom stereocenters. The quantitative estimate of drug-likeness (QED) is 0.749. The zero-order valence-corrected chi connectivity index (χ0v) is 18.2. The maximum absolute atomic E-state index is 5.37. The van der Waals surface area contributed by atoms with Gasteiger partial charge < -0.3 is 19.9 Å². The van der Waals surface area contributed by atoms with Gasteiger partial charge in [-0.15, -0.1) is 0 Å². The van der Waals surface area contributed by atoms with Gasteiger partial charge in [0, 0.05) is 43.4 Å². The molecule has 150 valence electrons. The Labute approximate surface area is 175 Å². The monoisotopic (exact) mass is 445 g/mol. The highest BCUT2D eigenvalue weighted by molar-refractivity contribution is 9.11. The second kappa shape index (κ2) is 8.27. The molecule has 3 aliphatic rings. The van der Waals surface area contributed by atoms with E-state index in [9.17, 15) is 0 Å². The SMILES string of the molecule is C=C1C(Nc2ccc(N3CCN(C4COC4)C[C@@H]3CC)cn2)=CC(Br)=CN1C. The van der Waals surface area contributed by atoms with Crippen LogP contribution in [0.5, 0.6) is 0 Å². The van der Waals surface area contributed by atoms with E-state index in [4.69, 9.17) is 4.74 Å². The number of pyridine rings is 1. The van der Waals surface area contributed by atoms with Gasteiger partial charge in [0.05, 0.1) is 42.5 Å². The van der Waals surface area contributed by atoms with E-state index in [1.54, 1.807) is 0 Å². The normalized spacial score (nSPS) is 24.0. The van der Waals surface area contributed by atoms with Crippen LogP contribution in [0.3, 0.4) is 0 Å². The molecule has 7 heteroatoms. The second-order valence-corrected chi connectivity index (χ2v) is 8.51. The summed E-state index contributed by atoms with van der Waals surface area (Å²) in [5.41, 5.74) is 3.05. The molecule has 0 aromatic carbocycles. The van der Waals surface area contributed by atoms with Crippen LogP contribution >= 0.6 is 15.9 Å². The van der Waals surface area contributed by atoms with Gasteiger partial charge in [-0.3, -0.25) is 4.90 Å². The number of hydrogen-bond donors (Lipinski definition) is 1. The minimum Gasteiger partial charge on any atom is -0.378 e. The van der Waals surface area contributed by atoms with Gasteiger partial charge in [0.15, 0.2) is 0 Å². The van der Waals surface area contributed by atoms with E-state index in [0.29, 0.717) is 12.1 Å². The lowest BCUT2D eigenvalue weighted by molar-refractivity contribution is -0.0698. The molecule has 0 aliphatic carbocycles. The van der Waals surface area contributed by atoms with Crippen LogP contribution in [0.4, 0.5) is 11.5 Å². The summed E-state index contributed by atoms with van der Waals surface area (Å²) in [4.78, 5) is 11.7. The summed E-state index contributed by atoms with van der Waals surface area (Å²) in [5, 5.41) is 3.38. The summed E-state index contributed by atoms with van der Waals surface area (Å²) in [6, 6.07) is 5.35. The molecule has 6 nitrogen and oxygen atoms in total. The highest BCUT2D eigenvalue weighted by Gasteiger charge is 2.33. The Hall–Kier alpha value is -1.83. The molecule has 0 spiro atoms. The Morgan fingerprint density at radius 3 is 2.79 bits per heavy atom. The fraction of sp³-hybridized carbons (Fsp3) is 0.476. The number of nitrogens with one attached hydrogen (secondary N) is 1. The number of aromatic nitrogens is 1. The van der Waals surface area contributed by atoms with Crippen LogP contribution in [0.2, 0.25) is 0 Å². The van der Waals surface area contributed by atoms with Gasteiger partial charge in [-0.1, -0.05) is 13.5 Å². The molecular formula is C21H28BrN5O. The van der Waals surface area contributed by atoms with Crippen LogP contribution in [0.25, 0.3) is 0 Å². The highest BCUT2D eigenvalue weighted by atomic mass is 79.9. The van der Waals surface area contributed by atoms with Crippen molar-refractivity contribution < 1.29 is 4.74 Å². The van der Waals surface area contributed by atoms with E-state index in [1.807, 2.05) is 30.4 Å². The van der Waals surface area contributed by atoms with E-state index in [-0.39, 0.29) is 0 Å². The molecule has 2 saturated heterocycles. The molecule has 1 aromatic heterocycles.